The molecule has 5 unspecified atom stereocenters. The molecule has 3 heterocycles. The topological polar surface area (TPSA) is 109 Å². The summed E-state index contributed by atoms with van der Waals surface area (Å²) < 4.78 is 47.4. The molecule has 1 amide bonds. The largest absolute Gasteiger partial charge is 0.496 e. The lowest BCUT2D eigenvalue weighted by Crippen LogP contribution is -2.44. The van der Waals surface area contributed by atoms with Gasteiger partial charge in [-0.1, -0.05) is 27.2 Å². The number of hydrogen-bond donors (Lipinski definition) is 2. The fraction of sp³-hybridized carbons (Fsp3) is 0.500. The van der Waals surface area contributed by atoms with Crippen molar-refractivity contribution in [3.05, 3.63) is 65.6 Å². The highest BCUT2D eigenvalue weighted by Gasteiger charge is 2.38. The third-order valence-corrected chi connectivity index (χ3v) is 9.00. The van der Waals surface area contributed by atoms with Gasteiger partial charge in [0.2, 0.25) is 0 Å². The van der Waals surface area contributed by atoms with Gasteiger partial charge in [-0.3, -0.25) is 9.78 Å². The van der Waals surface area contributed by atoms with Crippen molar-refractivity contribution in [3.8, 4) is 22.8 Å². The van der Waals surface area contributed by atoms with E-state index in [1.54, 1.807) is 12.4 Å². The van der Waals surface area contributed by atoms with Crippen molar-refractivity contribution in [1.29, 1.82) is 0 Å². The van der Waals surface area contributed by atoms with Gasteiger partial charge in [0.05, 0.1) is 31.2 Å². The van der Waals surface area contributed by atoms with E-state index >= 15 is 8.78 Å². The summed E-state index contributed by atoms with van der Waals surface area (Å²) in [5.41, 5.74) is 7.58. The smallest absolute Gasteiger partial charge is 0.274 e. The van der Waals surface area contributed by atoms with Crippen LogP contribution in [-0.4, -0.2) is 48.3 Å². The lowest BCUT2D eigenvalue weighted by atomic mass is 9.65. The summed E-state index contributed by atoms with van der Waals surface area (Å²) in [6, 6.07) is 7.00. The van der Waals surface area contributed by atoms with E-state index in [4.69, 9.17) is 19.9 Å². The molecule has 1 aromatic carbocycles. The molecule has 1 saturated carbocycles. The van der Waals surface area contributed by atoms with E-state index < -0.39 is 17.5 Å². The lowest BCUT2D eigenvalue weighted by Gasteiger charge is -2.43. The fourth-order valence-electron chi connectivity index (χ4n) is 6.99. The van der Waals surface area contributed by atoms with Crippen LogP contribution in [0.2, 0.25) is 0 Å². The highest BCUT2D eigenvalue weighted by molar-refractivity contribution is 6.03. The first-order valence-electron chi connectivity index (χ1n) is 15.5. The Morgan fingerprint density at radius 3 is 2.70 bits per heavy atom. The van der Waals surface area contributed by atoms with Crippen LogP contribution in [0.4, 0.5) is 14.5 Å². The van der Waals surface area contributed by atoms with Crippen LogP contribution in [0, 0.1) is 29.4 Å². The molecule has 2 aliphatic rings. The SMILES string of the molecule is CCC1CC(c2ccncc2NC(=O)c2ccc(F)c(-c3c(F)cc(OC4CCCOC4)cc3OC)n2)CC(N)C1C(C)C. The molecule has 1 aliphatic carbocycles. The standard InChI is InChI=1S/C34H42F2N4O4/c1-5-20-13-21(14-27(37)31(20)19(2)3)24-10-11-38-17-29(24)40-34(41)28-9-8-25(35)33(39-28)32-26(36)15-23(16-30(32)42-4)44-22-7-6-12-43-18-22/h8-11,15-17,19-22,27,31H,5-7,12-14,18,37H2,1-4H3,(H,40,41). The summed E-state index contributed by atoms with van der Waals surface area (Å²) in [6.45, 7) is 7.73. The maximum absolute atomic E-state index is 15.5. The van der Waals surface area contributed by atoms with Crippen LogP contribution in [0.15, 0.2) is 42.7 Å². The quantitative estimate of drug-likeness (QED) is 0.277. The molecular formula is C34H42F2N4O4. The maximum Gasteiger partial charge on any atom is 0.274 e. The third kappa shape index (κ3) is 6.86. The number of nitrogens with two attached hydrogens (primary N) is 1. The van der Waals surface area contributed by atoms with Gasteiger partial charge in [-0.2, -0.15) is 0 Å². The van der Waals surface area contributed by atoms with Crippen LogP contribution in [0.5, 0.6) is 11.5 Å². The van der Waals surface area contributed by atoms with Crippen molar-refractivity contribution < 1.29 is 27.8 Å². The Hall–Kier alpha value is -3.63. The molecule has 1 saturated heterocycles. The van der Waals surface area contributed by atoms with E-state index in [0.29, 0.717) is 36.7 Å². The van der Waals surface area contributed by atoms with Crippen LogP contribution in [-0.2, 0) is 4.74 Å². The average Bonchev–Trinajstić information content (AvgIpc) is 3.01. The Morgan fingerprint density at radius 1 is 1.18 bits per heavy atom. The van der Waals surface area contributed by atoms with Crippen LogP contribution < -0.4 is 20.5 Å². The number of carbonyl (C=O) groups excluding carboxylic acids is 1. The van der Waals surface area contributed by atoms with Gasteiger partial charge in [0.25, 0.3) is 5.91 Å². The zero-order valence-electron chi connectivity index (χ0n) is 25.8. The Morgan fingerprint density at radius 2 is 2.00 bits per heavy atom. The lowest BCUT2D eigenvalue weighted by molar-refractivity contribution is 0.00724. The van der Waals surface area contributed by atoms with Gasteiger partial charge in [0, 0.05) is 31.0 Å². The molecule has 2 fully saturated rings. The number of hydrogen-bond acceptors (Lipinski definition) is 7. The molecule has 3 N–H and O–H groups in total. The minimum Gasteiger partial charge on any atom is -0.496 e. The van der Waals surface area contributed by atoms with Gasteiger partial charge in [0.1, 0.15) is 40.6 Å². The number of anilines is 1. The van der Waals surface area contributed by atoms with Gasteiger partial charge in [-0.15, -0.1) is 0 Å². The molecule has 3 aromatic rings. The summed E-state index contributed by atoms with van der Waals surface area (Å²) in [4.78, 5) is 22.0. The molecule has 5 atom stereocenters. The van der Waals surface area contributed by atoms with Gasteiger partial charge >= 0.3 is 0 Å². The summed E-state index contributed by atoms with van der Waals surface area (Å²) in [7, 11) is 1.35. The van der Waals surface area contributed by atoms with Gasteiger partial charge < -0.3 is 25.3 Å². The predicted octanol–water partition coefficient (Wildman–Crippen LogP) is 6.74. The number of carbonyl (C=O) groups is 1. The Bertz CT molecular complexity index is 1460. The van der Waals surface area contributed by atoms with Crippen molar-refractivity contribution in [3.63, 3.8) is 0 Å². The van der Waals surface area contributed by atoms with Gasteiger partial charge in [-0.05, 0) is 73.1 Å². The zero-order chi connectivity index (χ0) is 31.4. The molecule has 0 bridgehead atoms. The number of pyridine rings is 2. The zero-order valence-corrected chi connectivity index (χ0v) is 25.8. The first kappa shape index (κ1) is 31.8. The summed E-state index contributed by atoms with van der Waals surface area (Å²) in [5.74, 6) is -0.311. The number of ether oxygens (including phenoxy) is 3. The summed E-state index contributed by atoms with van der Waals surface area (Å²) in [5, 5.41) is 2.92. The van der Waals surface area contributed by atoms with Crippen molar-refractivity contribution >= 4 is 11.6 Å². The molecule has 5 rings (SSSR count). The number of nitrogens with zero attached hydrogens (tertiary/aromatic N) is 2. The van der Waals surface area contributed by atoms with E-state index in [1.165, 1.54) is 25.3 Å². The highest BCUT2D eigenvalue weighted by atomic mass is 19.1. The second-order valence-corrected chi connectivity index (χ2v) is 12.2. The number of halogens is 2. The van der Waals surface area contributed by atoms with Crippen LogP contribution >= 0.6 is 0 Å². The number of aromatic nitrogens is 2. The third-order valence-electron chi connectivity index (χ3n) is 9.00. The van der Waals surface area contributed by atoms with E-state index in [2.05, 4.69) is 36.1 Å². The van der Waals surface area contributed by atoms with Crippen molar-refractivity contribution in [2.75, 3.05) is 25.6 Å². The normalized spacial score (nSPS) is 23.8. The van der Waals surface area contributed by atoms with Gasteiger partial charge in [-0.25, -0.2) is 13.8 Å². The fourth-order valence-corrected chi connectivity index (χ4v) is 6.99. The minimum atomic E-state index is -0.795. The highest BCUT2D eigenvalue weighted by Crippen LogP contribution is 2.45. The second kappa shape index (κ2) is 14.0. The van der Waals surface area contributed by atoms with E-state index in [9.17, 15) is 4.79 Å². The first-order valence-corrected chi connectivity index (χ1v) is 15.5. The van der Waals surface area contributed by atoms with Crippen LogP contribution in [0.3, 0.4) is 0 Å². The van der Waals surface area contributed by atoms with Crippen molar-refractivity contribution in [1.82, 2.24) is 9.97 Å². The number of benzene rings is 1. The summed E-state index contributed by atoms with van der Waals surface area (Å²) in [6.07, 6.45) is 7.53. The number of rotatable bonds is 9. The predicted molar refractivity (Wildman–Crippen MR) is 165 cm³/mol. The Kier molecular flexibility index (Phi) is 10.1. The van der Waals surface area contributed by atoms with Gasteiger partial charge in [0.15, 0.2) is 0 Å². The van der Waals surface area contributed by atoms with Crippen molar-refractivity contribution in [2.45, 2.75) is 70.9 Å². The average molecular weight is 609 g/mol. The molecular weight excluding hydrogens is 566 g/mol. The van der Waals surface area contributed by atoms with E-state index in [1.807, 2.05) is 6.07 Å². The van der Waals surface area contributed by atoms with Crippen molar-refractivity contribution in [2.24, 2.45) is 23.5 Å². The number of nitrogens with one attached hydrogen (secondary N) is 1. The molecule has 44 heavy (non-hydrogen) atoms. The Balaban J connectivity index is 1.39. The van der Waals surface area contributed by atoms with Crippen LogP contribution in [0.1, 0.15) is 74.8 Å². The van der Waals surface area contributed by atoms with E-state index in [-0.39, 0.29) is 46.5 Å². The molecule has 10 heteroatoms. The second-order valence-electron chi connectivity index (χ2n) is 12.2. The minimum absolute atomic E-state index is 0.0362. The number of amides is 1. The molecule has 0 radical (unpaired) electrons. The molecule has 236 valence electrons. The molecule has 2 aromatic heterocycles. The van der Waals surface area contributed by atoms with E-state index in [0.717, 1.165) is 43.7 Å². The number of methoxy groups -OCH3 is 1. The maximum atomic E-state index is 15.5. The Labute approximate surface area is 257 Å². The molecule has 8 nitrogen and oxygen atoms in total. The molecule has 0 spiro atoms. The monoisotopic (exact) mass is 608 g/mol. The molecule has 1 aliphatic heterocycles. The van der Waals surface area contributed by atoms with Crippen LogP contribution in [0.25, 0.3) is 11.3 Å². The summed E-state index contributed by atoms with van der Waals surface area (Å²) >= 11 is 0. The first-order chi connectivity index (χ1) is 21.2.